The SMILES string of the molecule is NNC(=O)c1ccc(F)c(CN(CCCO)C2CCC2)c1. The molecule has 1 amide bonds. The standard InChI is InChI=1S/C15H22FN3O2/c16-14-6-5-11(15(21)18-17)9-12(14)10-19(7-2-8-20)13-3-1-4-13/h5-6,9,13,20H,1-4,7-8,10,17H2,(H,18,21). The summed E-state index contributed by atoms with van der Waals surface area (Å²) in [5.74, 6) is 4.36. The largest absolute Gasteiger partial charge is 0.396 e. The van der Waals surface area contributed by atoms with Crippen molar-refractivity contribution in [1.29, 1.82) is 0 Å². The predicted octanol–water partition coefficient (Wildman–Crippen LogP) is 1.17. The van der Waals surface area contributed by atoms with Crippen molar-refractivity contribution in [3.63, 3.8) is 0 Å². The molecule has 0 saturated heterocycles. The maximum absolute atomic E-state index is 14.0. The summed E-state index contributed by atoms with van der Waals surface area (Å²) in [5, 5.41) is 8.99. The second-order valence-electron chi connectivity index (χ2n) is 5.41. The molecule has 0 bridgehead atoms. The molecular weight excluding hydrogens is 273 g/mol. The van der Waals surface area contributed by atoms with Gasteiger partial charge in [0, 0.05) is 36.9 Å². The van der Waals surface area contributed by atoms with Crippen LogP contribution in [0.2, 0.25) is 0 Å². The zero-order chi connectivity index (χ0) is 15.2. The third-order valence-corrected chi connectivity index (χ3v) is 4.01. The van der Waals surface area contributed by atoms with E-state index in [1.165, 1.54) is 18.6 Å². The van der Waals surface area contributed by atoms with E-state index in [2.05, 4.69) is 10.3 Å². The lowest BCUT2D eigenvalue weighted by molar-refractivity contribution is 0.0952. The van der Waals surface area contributed by atoms with Crippen LogP contribution in [0.5, 0.6) is 0 Å². The van der Waals surface area contributed by atoms with Crippen LogP contribution in [0.4, 0.5) is 4.39 Å². The Morgan fingerprint density at radius 3 is 2.81 bits per heavy atom. The molecule has 21 heavy (non-hydrogen) atoms. The normalized spacial score (nSPS) is 15.0. The first kappa shape index (κ1) is 15.9. The third kappa shape index (κ3) is 4.00. The number of halogens is 1. The maximum Gasteiger partial charge on any atom is 0.265 e. The molecule has 1 aromatic carbocycles. The van der Waals surface area contributed by atoms with E-state index in [4.69, 9.17) is 10.9 Å². The summed E-state index contributed by atoms with van der Waals surface area (Å²) in [4.78, 5) is 13.7. The van der Waals surface area contributed by atoms with Gasteiger partial charge in [0.25, 0.3) is 5.91 Å². The zero-order valence-electron chi connectivity index (χ0n) is 12.0. The lowest BCUT2D eigenvalue weighted by atomic mass is 9.91. The van der Waals surface area contributed by atoms with Crippen LogP contribution in [0.1, 0.15) is 41.6 Å². The Hall–Kier alpha value is -1.50. The van der Waals surface area contributed by atoms with Gasteiger partial charge in [-0.1, -0.05) is 6.42 Å². The Bertz CT molecular complexity index is 492. The van der Waals surface area contributed by atoms with Crippen LogP contribution < -0.4 is 11.3 Å². The number of hydrazine groups is 1. The second-order valence-corrected chi connectivity index (χ2v) is 5.41. The highest BCUT2D eigenvalue weighted by atomic mass is 19.1. The van der Waals surface area contributed by atoms with E-state index in [9.17, 15) is 9.18 Å². The van der Waals surface area contributed by atoms with Crippen LogP contribution in [0.3, 0.4) is 0 Å². The molecule has 0 heterocycles. The fourth-order valence-electron chi connectivity index (χ4n) is 2.56. The quantitative estimate of drug-likeness (QED) is 0.401. The molecule has 0 atom stereocenters. The van der Waals surface area contributed by atoms with E-state index >= 15 is 0 Å². The maximum atomic E-state index is 14.0. The summed E-state index contributed by atoms with van der Waals surface area (Å²) in [5.41, 5.74) is 2.89. The van der Waals surface area contributed by atoms with Gasteiger partial charge in [0.1, 0.15) is 5.82 Å². The average Bonchev–Trinajstić information content (AvgIpc) is 2.44. The van der Waals surface area contributed by atoms with Gasteiger partial charge >= 0.3 is 0 Å². The van der Waals surface area contributed by atoms with Crippen LogP contribution in [0, 0.1) is 5.82 Å². The molecule has 0 spiro atoms. The Morgan fingerprint density at radius 2 is 2.24 bits per heavy atom. The molecule has 5 nitrogen and oxygen atoms in total. The smallest absolute Gasteiger partial charge is 0.265 e. The molecule has 116 valence electrons. The van der Waals surface area contributed by atoms with E-state index in [-0.39, 0.29) is 12.4 Å². The van der Waals surface area contributed by atoms with Crippen molar-refractivity contribution in [1.82, 2.24) is 10.3 Å². The van der Waals surface area contributed by atoms with Crippen molar-refractivity contribution in [2.45, 2.75) is 38.3 Å². The highest BCUT2D eigenvalue weighted by Gasteiger charge is 2.25. The molecule has 1 saturated carbocycles. The summed E-state index contributed by atoms with van der Waals surface area (Å²) in [7, 11) is 0. The van der Waals surface area contributed by atoms with Crippen molar-refractivity contribution >= 4 is 5.91 Å². The van der Waals surface area contributed by atoms with Gasteiger partial charge in [0.05, 0.1) is 0 Å². The second kappa shape index (κ2) is 7.49. The summed E-state index contributed by atoms with van der Waals surface area (Å²) in [6.07, 6.45) is 4.07. The van der Waals surface area contributed by atoms with Gasteiger partial charge in [-0.05, 0) is 37.5 Å². The fraction of sp³-hybridized carbons (Fsp3) is 0.533. The van der Waals surface area contributed by atoms with Crippen molar-refractivity contribution in [3.05, 3.63) is 35.1 Å². The topological polar surface area (TPSA) is 78.6 Å². The lowest BCUT2D eigenvalue weighted by Gasteiger charge is -2.37. The number of nitrogen functional groups attached to an aromatic ring is 1. The van der Waals surface area contributed by atoms with Gasteiger partial charge in [-0.25, -0.2) is 10.2 Å². The van der Waals surface area contributed by atoms with Crippen LogP contribution in [0.15, 0.2) is 18.2 Å². The molecule has 2 rings (SSSR count). The number of nitrogens with one attached hydrogen (secondary N) is 1. The summed E-state index contributed by atoms with van der Waals surface area (Å²) in [6.45, 7) is 1.30. The number of aliphatic hydroxyl groups is 1. The molecule has 0 radical (unpaired) electrons. The highest BCUT2D eigenvalue weighted by Crippen LogP contribution is 2.27. The highest BCUT2D eigenvalue weighted by molar-refractivity contribution is 5.93. The molecule has 6 heteroatoms. The van der Waals surface area contributed by atoms with Crippen LogP contribution in [-0.4, -0.2) is 35.1 Å². The van der Waals surface area contributed by atoms with Gasteiger partial charge in [-0.3, -0.25) is 15.1 Å². The molecule has 0 aliphatic heterocycles. The van der Waals surface area contributed by atoms with Crippen molar-refractivity contribution < 1.29 is 14.3 Å². The molecule has 1 fully saturated rings. The Morgan fingerprint density at radius 1 is 1.48 bits per heavy atom. The summed E-state index contributed by atoms with van der Waals surface area (Å²) >= 11 is 0. The van der Waals surface area contributed by atoms with E-state index in [1.54, 1.807) is 6.07 Å². The number of hydrogen-bond acceptors (Lipinski definition) is 4. The molecular formula is C15H22FN3O2. The van der Waals surface area contributed by atoms with Gasteiger partial charge in [-0.2, -0.15) is 0 Å². The zero-order valence-corrected chi connectivity index (χ0v) is 12.0. The first-order chi connectivity index (χ1) is 10.2. The number of hydrogen-bond donors (Lipinski definition) is 3. The van der Waals surface area contributed by atoms with Crippen molar-refractivity contribution in [3.8, 4) is 0 Å². The van der Waals surface area contributed by atoms with E-state index in [1.807, 2.05) is 0 Å². The Kier molecular flexibility index (Phi) is 5.67. The number of aliphatic hydroxyl groups excluding tert-OH is 1. The van der Waals surface area contributed by atoms with Crippen LogP contribution >= 0.6 is 0 Å². The van der Waals surface area contributed by atoms with Gasteiger partial charge in [0.15, 0.2) is 0 Å². The number of amides is 1. The van der Waals surface area contributed by atoms with E-state index in [0.29, 0.717) is 30.1 Å². The lowest BCUT2D eigenvalue weighted by Crippen LogP contribution is -2.40. The Labute approximate surface area is 123 Å². The number of carbonyl (C=O) groups excluding carboxylic acids is 1. The minimum Gasteiger partial charge on any atom is -0.396 e. The summed E-state index contributed by atoms with van der Waals surface area (Å²) < 4.78 is 14.0. The van der Waals surface area contributed by atoms with Gasteiger partial charge in [0.2, 0.25) is 0 Å². The minimum atomic E-state index is -0.429. The minimum absolute atomic E-state index is 0.126. The molecule has 1 aliphatic carbocycles. The van der Waals surface area contributed by atoms with E-state index < -0.39 is 5.91 Å². The fourth-order valence-corrected chi connectivity index (χ4v) is 2.56. The van der Waals surface area contributed by atoms with E-state index in [0.717, 1.165) is 19.4 Å². The number of nitrogens with zero attached hydrogens (tertiary/aromatic N) is 1. The molecule has 1 aliphatic rings. The first-order valence-corrected chi connectivity index (χ1v) is 7.30. The number of rotatable bonds is 7. The van der Waals surface area contributed by atoms with Gasteiger partial charge in [-0.15, -0.1) is 0 Å². The van der Waals surface area contributed by atoms with Crippen LogP contribution in [-0.2, 0) is 6.54 Å². The first-order valence-electron chi connectivity index (χ1n) is 7.30. The summed E-state index contributed by atoms with van der Waals surface area (Å²) in [6, 6.07) is 4.71. The van der Waals surface area contributed by atoms with Crippen molar-refractivity contribution in [2.75, 3.05) is 13.2 Å². The van der Waals surface area contributed by atoms with Gasteiger partial charge < -0.3 is 5.11 Å². The molecule has 1 aromatic rings. The molecule has 0 aromatic heterocycles. The average molecular weight is 295 g/mol. The van der Waals surface area contributed by atoms with Crippen LogP contribution in [0.25, 0.3) is 0 Å². The molecule has 4 N–H and O–H groups in total. The number of carbonyl (C=O) groups is 1. The molecule has 0 unspecified atom stereocenters. The van der Waals surface area contributed by atoms with Crippen molar-refractivity contribution in [2.24, 2.45) is 5.84 Å². The predicted molar refractivity (Wildman–Crippen MR) is 77.8 cm³/mol. The Balaban J connectivity index is 2.12. The third-order valence-electron chi connectivity index (χ3n) is 4.01. The number of benzene rings is 1. The monoisotopic (exact) mass is 295 g/mol. The number of nitrogens with two attached hydrogens (primary N) is 1.